The van der Waals surface area contributed by atoms with Gasteiger partial charge in [0.1, 0.15) is 0 Å². The van der Waals surface area contributed by atoms with Crippen LogP contribution in [0.4, 0.5) is 0 Å². The first-order valence-corrected chi connectivity index (χ1v) is 5.88. The van der Waals surface area contributed by atoms with Gasteiger partial charge < -0.3 is 10.2 Å². The Morgan fingerprint density at radius 2 is 2.24 bits per heavy atom. The zero-order valence-electron chi connectivity index (χ0n) is 10.1. The molecule has 1 aromatic carbocycles. The first kappa shape index (κ1) is 11.9. The van der Waals surface area contributed by atoms with E-state index in [0.29, 0.717) is 6.54 Å². The molecule has 0 fully saturated rings. The molecule has 0 radical (unpaired) electrons. The van der Waals surface area contributed by atoms with E-state index in [2.05, 4.69) is 24.0 Å². The van der Waals surface area contributed by atoms with Crippen molar-refractivity contribution < 1.29 is 4.79 Å². The van der Waals surface area contributed by atoms with Gasteiger partial charge in [-0.25, -0.2) is 0 Å². The average molecular weight is 230 g/mol. The molecular weight excluding hydrogens is 212 g/mol. The zero-order valence-corrected chi connectivity index (χ0v) is 10.1. The van der Waals surface area contributed by atoms with E-state index < -0.39 is 0 Å². The van der Waals surface area contributed by atoms with E-state index in [1.54, 1.807) is 11.0 Å². The van der Waals surface area contributed by atoms with Crippen LogP contribution < -0.4 is 5.32 Å². The predicted molar refractivity (Wildman–Crippen MR) is 68.6 cm³/mol. The largest absolute Gasteiger partial charge is 0.341 e. The molecule has 0 saturated heterocycles. The molecule has 0 bridgehead atoms. The fourth-order valence-corrected chi connectivity index (χ4v) is 2.18. The molecule has 1 unspecified atom stereocenters. The van der Waals surface area contributed by atoms with Crippen LogP contribution in [0.3, 0.4) is 0 Å². The molecule has 1 amide bonds. The topological polar surface area (TPSA) is 32.3 Å². The van der Waals surface area contributed by atoms with Crippen LogP contribution in [0, 0.1) is 0 Å². The number of amides is 1. The highest BCUT2D eigenvalue weighted by Gasteiger charge is 2.25. The quantitative estimate of drug-likeness (QED) is 0.795. The number of carbonyl (C=O) groups is 1. The van der Waals surface area contributed by atoms with Gasteiger partial charge in [-0.1, -0.05) is 30.3 Å². The average Bonchev–Trinajstić information content (AvgIpc) is 2.37. The Labute approximate surface area is 102 Å². The first-order chi connectivity index (χ1) is 8.22. The number of nitrogens with zero attached hydrogens (tertiary/aromatic N) is 1. The highest BCUT2D eigenvalue weighted by molar-refractivity contribution is 5.82. The van der Waals surface area contributed by atoms with Gasteiger partial charge in [0.15, 0.2) is 0 Å². The number of carbonyl (C=O) groups excluding carboxylic acids is 1. The Hall–Kier alpha value is -1.61. The van der Waals surface area contributed by atoms with E-state index >= 15 is 0 Å². The fraction of sp³-hybridized carbons (Fsp3) is 0.357. The van der Waals surface area contributed by atoms with Gasteiger partial charge in [-0.3, -0.25) is 4.79 Å². The number of rotatable bonds is 3. The highest BCUT2D eigenvalue weighted by atomic mass is 16.2. The predicted octanol–water partition coefficient (Wildman–Crippen LogP) is 1.35. The van der Waals surface area contributed by atoms with Crippen LogP contribution in [0.1, 0.15) is 11.1 Å². The molecule has 1 atom stereocenters. The van der Waals surface area contributed by atoms with Gasteiger partial charge in [0.2, 0.25) is 5.91 Å². The van der Waals surface area contributed by atoms with Gasteiger partial charge >= 0.3 is 0 Å². The van der Waals surface area contributed by atoms with E-state index in [0.717, 1.165) is 13.0 Å². The van der Waals surface area contributed by atoms with E-state index in [1.807, 2.05) is 19.2 Å². The molecule has 3 heteroatoms. The summed E-state index contributed by atoms with van der Waals surface area (Å²) in [6.45, 7) is 5.02. The van der Waals surface area contributed by atoms with Crippen molar-refractivity contribution in [1.82, 2.24) is 10.2 Å². The summed E-state index contributed by atoms with van der Waals surface area (Å²) in [4.78, 5) is 13.8. The molecule has 1 N–H and O–H groups in total. The number of hydrogen-bond donors (Lipinski definition) is 1. The molecule has 0 spiro atoms. The minimum absolute atomic E-state index is 0.102. The Morgan fingerprint density at radius 1 is 1.53 bits per heavy atom. The van der Waals surface area contributed by atoms with Crippen LogP contribution in [0.2, 0.25) is 0 Å². The lowest BCUT2D eigenvalue weighted by Gasteiger charge is -2.28. The minimum Gasteiger partial charge on any atom is -0.341 e. The molecule has 17 heavy (non-hydrogen) atoms. The van der Waals surface area contributed by atoms with Crippen LogP contribution in [0.15, 0.2) is 36.9 Å². The van der Waals surface area contributed by atoms with Gasteiger partial charge in [-0.15, -0.1) is 6.58 Å². The number of benzene rings is 1. The van der Waals surface area contributed by atoms with Gasteiger partial charge in [0, 0.05) is 20.1 Å². The van der Waals surface area contributed by atoms with Crippen LogP contribution in [0.25, 0.3) is 0 Å². The van der Waals surface area contributed by atoms with Crippen LogP contribution in [0.5, 0.6) is 0 Å². The lowest BCUT2D eigenvalue weighted by atomic mass is 9.95. The number of nitrogens with one attached hydrogen (secondary N) is 1. The molecule has 0 aromatic heterocycles. The summed E-state index contributed by atoms with van der Waals surface area (Å²) in [5.41, 5.74) is 2.57. The third-order valence-corrected chi connectivity index (χ3v) is 3.16. The maximum absolute atomic E-state index is 12.1. The number of likely N-dealkylation sites (N-methyl/N-ethyl adjacent to an activating group) is 1. The summed E-state index contributed by atoms with van der Waals surface area (Å²) >= 11 is 0. The van der Waals surface area contributed by atoms with E-state index in [9.17, 15) is 4.79 Å². The monoisotopic (exact) mass is 230 g/mol. The summed E-state index contributed by atoms with van der Waals surface area (Å²) in [6, 6.07) is 8.17. The maximum Gasteiger partial charge on any atom is 0.240 e. The fourth-order valence-electron chi connectivity index (χ4n) is 2.18. The van der Waals surface area contributed by atoms with Crippen molar-refractivity contribution in [2.45, 2.75) is 19.0 Å². The standard InChI is InChI=1S/C14H18N2O/c1-3-8-16(2)14(17)13-9-11-6-4-5-7-12(11)10-15-13/h3-7,13,15H,1,8-10H2,2H3. The SMILES string of the molecule is C=CCN(C)C(=O)C1Cc2ccccc2CN1. The second-order valence-corrected chi connectivity index (χ2v) is 4.41. The zero-order chi connectivity index (χ0) is 12.3. The van der Waals surface area contributed by atoms with Crippen molar-refractivity contribution >= 4 is 5.91 Å². The molecule has 3 nitrogen and oxygen atoms in total. The lowest BCUT2D eigenvalue weighted by Crippen LogP contribution is -2.48. The normalized spacial score (nSPS) is 18.3. The van der Waals surface area contributed by atoms with Crippen molar-refractivity contribution in [2.75, 3.05) is 13.6 Å². The van der Waals surface area contributed by atoms with Crippen LogP contribution >= 0.6 is 0 Å². The van der Waals surface area contributed by atoms with E-state index in [-0.39, 0.29) is 11.9 Å². The van der Waals surface area contributed by atoms with Gasteiger partial charge in [0.05, 0.1) is 6.04 Å². The summed E-state index contributed by atoms with van der Waals surface area (Å²) in [5.74, 6) is 0.138. The van der Waals surface area contributed by atoms with Crippen LogP contribution in [-0.2, 0) is 17.8 Å². The lowest BCUT2D eigenvalue weighted by molar-refractivity contribution is -0.131. The van der Waals surface area contributed by atoms with E-state index in [4.69, 9.17) is 0 Å². The Balaban J connectivity index is 2.07. The third kappa shape index (κ3) is 2.56. The molecular formula is C14H18N2O. The molecule has 0 saturated carbocycles. The minimum atomic E-state index is -0.102. The first-order valence-electron chi connectivity index (χ1n) is 5.88. The Kier molecular flexibility index (Phi) is 3.59. The number of hydrogen-bond acceptors (Lipinski definition) is 2. The van der Waals surface area contributed by atoms with Gasteiger partial charge in [0.25, 0.3) is 0 Å². The van der Waals surface area contributed by atoms with Crippen molar-refractivity contribution in [3.63, 3.8) is 0 Å². The molecule has 2 rings (SSSR count). The highest BCUT2D eigenvalue weighted by Crippen LogP contribution is 2.17. The molecule has 1 heterocycles. The third-order valence-electron chi connectivity index (χ3n) is 3.16. The van der Waals surface area contributed by atoms with Crippen molar-refractivity contribution in [2.24, 2.45) is 0 Å². The molecule has 1 aliphatic heterocycles. The van der Waals surface area contributed by atoms with Gasteiger partial charge in [-0.05, 0) is 17.5 Å². The summed E-state index contributed by atoms with van der Waals surface area (Å²) in [7, 11) is 1.81. The van der Waals surface area contributed by atoms with Crippen molar-refractivity contribution in [3.05, 3.63) is 48.0 Å². The molecule has 90 valence electrons. The summed E-state index contributed by atoms with van der Waals surface area (Å²) in [5, 5.41) is 3.29. The Bertz CT molecular complexity index is 428. The molecule has 1 aliphatic rings. The van der Waals surface area contributed by atoms with Gasteiger partial charge in [-0.2, -0.15) is 0 Å². The Morgan fingerprint density at radius 3 is 2.94 bits per heavy atom. The second-order valence-electron chi connectivity index (χ2n) is 4.41. The smallest absolute Gasteiger partial charge is 0.240 e. The second kappa shape index (κ2) is 5.15. The van der Waals surface area contributed by atoms with E-state index in [1.165, 1.54) is 11.1 Å². The van der Waals surface area contributed by atoms with Crippen molar-refractivity contribution in [1.29, 1.82) is 0 Å². The molecule has 0 aliphatic carbocycles. The summed E-state index contributed by atoms with van der Waals surface area (Å²) in [6.07, 6.45) is 2.52. The number of fused-ring (bicyclic) bond motifs is 1. The van der Waals surface area contributed by atoms with Crippen LogP contribution in [-0.4, -0.2) is 30.4 Å². The maximum atomic E-state index is 12.1. The van der Waals surface area contributed by atoms with Crippen molar-refractivity contribution in [3.8, 4) is 0 Å². The summed E-state index contributed by atoms with van der Waals surface area (Å²) < 4.78 is 0. The molecule has 1 aromatic rings.